The molecule has 0 unspecified atom stereocenters. The number of para-hydroxylation sites is 2. The number of tetrazole rings is 1. The third kappa shape index (κ3) is 5.56. The second-order valence-corrected chi connectivity index (χ2v) is 9.59. The second kappa shape index (κ2) is 11.0. The van der Waals surface area contributed by atoms with Gasteiger partial charge in [0.15, 0.2) is 0 Å². The molecule has 35 heavy (non-hydrogen) atoms. The molecule has 5 aromatic rings. The Kier molecular flexibility index (Phi) is 7.42. The molecule has 0 bridgehead atoms. The third-order valence-electron chi connectivity index (χ3n) is 5.71. The van der Waals surface area contributed by atoms with E-state index in [-0.39, 0.29) is 5.82 Å². The molecule has 0 radical (unpaired) electrons. The van der Waals surface area contributed by atoms with Crippen LogP contribution in [-0.4, -0.2) is 37.1 Å². The van der Waals surface area contributed by atoms with Crippen molar-refractivity contribution in [3.63, 3.8) is 0 Å². The van der Waals surface area contributed by atoms with Gasteiger partial charge >= 0.3 is 0 Å². The first kappa shape index (κ1) is 23.5. The fraction of sp³-hybridized carbons (Fsp3) is 0.192. The van der Waals surface area contributed by atoms with Crippen LogP contribution in [0.15, 0.2) is 84.1 Å². The molecule has 178 valence electrons. The normalized spacial score (nSPS) is 11.4. The van der Waals surface area contributed by atoms with Crippen LogP contribution in [0.25, 0.3) is 16.6 Å². The van der Waals surface area contributed by atoms with Gasteiger partial charge in [-0.3, -0.25) is 0 Å². The maximum atomic E-state index is 13.4. The number of aromatic nitrogens is 5. The van der Waals surface area contributed by atoms with Crippen molar-refractivity contribution in [2.24, 2.45) is 0 Å². The third-order valence-corrected chi connectivity index (χ3v) is 7.07. The number of benzene rings is 3. The molecule has 0 aliphatic rings. The van der Waals surface area contributed by atoms with Crippen molar-refractivity contribution in [1.82, 2.24) is 30.1 Å². The topological polar surface area (TPSA) is 60.6 Å². The van der Waals surface area contributed by atoms with E-state index in [0.29, 0.717) is 11.6 Å². The number of nitrogens with zero attached hydrogens (tertiary/aromatic N) is 5. The highest BCUT2D eigenvalue weighted by molar-refractivity contribution is 7.99. The Morgan fingerprint density at radius 2 is 1.80 bits per heavy atom. The molecule has 0 atom stereocenters. The highest BCUT2D eigenvalue weighted by Gasteiger charge is 2.11. The molecule has 0 aliphatic heterocycles. The van der Waals surface area contributed by atoms with Crippen molar-refractivity contribution in [3.8, 4) is 5.69 Å². The number of hydrogen-bond donors (Lipinski definition) is 1. The summed E-state index contributed by atoms with van der Waals surface area (Å²) in [6.07, 6.45) is 3.14. The van der Waals surface area contributed by atoms with Crippen LogP contribution in [0.2, 0.25) is 5.02 Å². The van der Waals surface area contributed by atoms with E-state index in [1.54, 1.807) is 22.5 Å². The summed E-state index contributed by atoms with van der Waals surface area (Å²) in [5, 5.41) is 18.1. The molecule has 5 rings (SSSR count). The van der Waals surface area contributed by atoms with Gasteiger partial charge in [0.2, 0.25) is 5.16 Å². The van der Waals surface area contributed by atoms with E-state index in [1.807, 2.05) is 36.4 Å². The lowest BCUT2D eigenvalue weighted by Crippen LogP contribution is -2.15. The zero-order valence-electron chi connectivity index (χ0n) is 18.9. The summed E-state index contributed by atoms with van der Waals surface area (Å²) >= 11 is 7.92. The molecule has 1 N–H and O–H groups in total. The van der Waals surface area contributed by atoms with Crippen LogP contribution in [0.4, 0.5) is 4.39 Å². The van der Waals surface area contributed by atoms with Gasteiger partial charge < -0.3 is 9.88 Å². The maximum Gasteiger partial charge on any atom is 0.214 e. The highest BCUT2D eigenvalue weighted by atomic mass is 35.5. The van der Waals surface area contributed by atoms with E-state index in [2.05, 4.69) is 49.8 Å². The van der Waals surface area contributed by atoms with Gasteiger partial charge in [-0.05, 0) is 64.9 Å². The summed E-state index contributed by atoms with van der Waals surface area (Å²) in [6, 6.07) is 22.8. The Balaban J connectivity index is 1.17. The molecule has 0 amide bonds. The minimum absolute atomic E-state index is 0.323. The van der Waals surface area contributed by atoms with E-state index in [0.717, 1.165) is 47.2 Å². The Bertz CT molecular complexity index is 1420. The van der Waals surface area contributed by atoms with Gasteiger partial charge in [0.05, 0.1) is 5.69 Å². The van der Waals surface area contributed by atoms with Crippen molar-refractivity contribution in [2.45, 2.75) is 24.7 Å². The Morgan fingerprint density at radius 3 is 2.66 bits per heavy atom. The zero-order valence-corrected chi connectivity index (χ0v) is 20.5. The van der Waals surface area contributed by atoms with Crippen LogP contribution in [0, 0.1) is 5.82 Å². The number of hydrogen-bond acceptors (Lipinski definition) is 5. The van der Waals surface area contributed by atoms with Gasteiger partial charge in [-0.1, -0.05) is 65.8 Å². The van der Waals surface area contributed by atoms with Crippen LogP contribution < -0.4 is 5.32 Å². The summed E-state index contributed by atoms with van der Waals surface area (Å²) in [7, 11) is 0. The van der Waals surface area contributed by atoms with Gasteiger partial charge in [-0.2, -0.15) is 4.68 Å². The average Bonchev–Trinajstić information content (AvgIpc) is 3.48. The fourth-order valence-electron chi connectivity index (χ4n) is 4.01. The number of thioether (sulfide) groups is 1. The molecule has 0 fully saturated rings. The van der Waals surface area contributed by atoms with E-state index < -0.39 is 0 Å². The fourth-order valence-corrected chi connectivity index (χ4v) is 5.07. The molecule has 0 aliphatic carbocycles. The van der Waals surface area contributed by atoms with E-state index in [1.165, 1.54) is 23.1 Å². The summed E-state index contributed by atoms with van der Waals surface area (Å²) < 4.78 is 17.4. The highest BCUT2D eigenvalue weighted by Crippen LogP contribution is 2.25. The van der Waals surface area contributed by atoms with Crippen LogP contribution in [-0.2, 0) is 13.1 Å². The molecule has 0 saturated heterocycles. The van der Waals surface area contributed by atoms with Gasteiger partial charge in [0, 0.05) is 41.0 Å². The van der Waals surface area contributed by atoms with Crippen molar-refractivity contribution in [2.75, 3.05) is 12.3 Å². The lowest BCUT2D eigenvalue weighted by atomic mass is 10.2. The SMILES string of the molecule is Fc1ccc(Cn2cc(CNCCCSc3nnnn3-c3ccccc3)c3ccccc32)c(Cl)c1. The molecular weight excluding hydrogens is 483 g/mol. The van der Waals surface area contributed by atoms with E-state index in [9.17, 15) is 4.39 Å². The summed E-state index contributed by atoms with van der Waals surface area (Å²) in [5.41, 5.74) is 4.20. The lowest BCUT2D eigenvalue weighted by Gasteiger charge is -2.07. The molecule has 2 aromatic heterocycles. The van der Waals surface area contributed by atoms with Crippen molar-refractivity contribution in [3.05, 3.63) is 101 Å². The predicted octanol–water partition coefficient (Wildman–Crippen LogP) is 5.73. The smallest absolute Gasteiger partial charge is 0.214 e. The first-order chi connectivity index (χ1) is 17.2. The summed E-state index contributed by atoms with van der Waals surface area (Å²) in [4.78, 5) is 0. The Hall–Kier alpha value is -3.20. The van der Waals surface area contributed by atoms with Crippen molar-refractivity contribution in [1.29, 1.82) is 0 Å². The first-order valence-corrected chi connectivity index (χ1v) is 12.7. The monoisotopic (exact) mass is 506 g/mol. The zero-order chi connectivity index (χ0) is 24.0. The minimum atomic E-state index is -0.323. The number of nitrogens with one attached hydrogen (secondary N) is 1. The first-order valence-electron chi connectivity index (χ1n) is 11.4. The minimum Gasteiger partial charge on any atom is -0.343 e. The molecule has 3 aromatic carbocycles. The van der Waals surface area contributed by atoms with E-state index in [4.69, 9.17) is 11.6 Å². The van der Waals surface area contributed by atoms with E-state index >= 15 is 0 Å². The molecule has 2 heterocycles. The quantitative estimate of drug-likeness (QED) is 0.193. The summed E-state index contributed by atoms with van der Waals surface area (Å²) in [6.45, 7) is 2.23. The number of halogens is 2. The maximum absolute atomic E-state index is 13.4. The number of rotatable bonds is 10. The molecule has 9 heteroatoms. The largest absolute Gasteiger partial charge is 0.343 e. The Morgan fingerprint density at radius 1 is 0.971 bits per heavy atom. The van der Waals surface area contributed by atoms with Crippen LogP contribution >= 0.6 is 23.4 Å². The van der Waals surface area contributed by atoms with Gasteiger partial charge in [0.1, 0.15) is 5.82 Å². The van der Waals surface area contributed by atoms with Gasteiger partial charge in [-0.25, -0.2) is 4.39 Å². The van der Waals surface area contributed by atoms with Crippen molar-refractivity contribution >= 4 is 34.3 Å². The average molecular weight is 507 g/mol. The molecular formula is C26H24ClFN6S. The van der Waals surface area contributed by atoms with Crippen LogP contribution in [0.5, 0.6) is 0 Å². The lowest BCUT2D eigenvalue weighted by molar-refractivity contribution is 0.626. The Labute approximate surface area is 212 Å². The summed E-state index contributed by atoms with van der Waals surface area (Å²) in [5.74, 6) is 0.584. The van der Waals surface area contributed by atoms with Crippen molar-refractivity contribution < 1.29 is 4.39 Å². The second-order valence-electron chi connectivity index (χ2n) is 8.12. The number of fused-ring (bicyclic) bond motifs is 1. The van der Waals surface area contributed by atoms with Gasteiger partial charge in [0.25, 0.3) is 0 Å². The van der Waals surface area contributed by atoms with Crippen LogP contribution in [0.1, 0.15) is 17.5 Å². The van der Waals surface area contributed by atoms with Gasteiger partial charge in [-0.15, -0.1) is 5.10 Å². The molecule has 0 saturated carbocycles. The predicted molar refractivity (Wildman–Crippen MR) is 139 cm³/mol. The molecule has 6 nitrogen and oxygen atoms in total. The van der Waals surface area contributed by atoms with Crippen LogP contribution in [0.3, 0.4) is 0 Å². The molecule has 0 spiro atoms. The standard InChI is InChI=1S/C26H24ClFN6S/c27-24-15-21(28)12-11-19(24)17-33-18-20(23-9-4-5-10-25(23)33)16-29-13-6-14-35-26-30-31-32-34(26)22-7-2-1-3-8-22/h1-5,7-12,15,18,29H,6,13-14,16-17H2.